The summed E-state index contributed by atoms with van der Waals surface area (Å²) in [5.41, 5.74) is 0.483. The lowest BCUT2D eigenvalue weighted by Gasteiger charge is -1.92. The minimum absolute atomic E-state index is 0.113. The topological polar surface area (TPSA) is 30.2 Å². The van der Waals surface area contributed by atoms with Gasteiger partial charge in [0.1, 0.15) is 0 Å². The van der Waals surface area contributed by atoms with Crippen LogP contribution in [0.15, 0.2) is 40.8 Å². The first kappa shape index (κ1) is 9.65. The number of carbonyl (C=O) groups excluding carboxylic acids is 1. The molecule has 1 heterocycles. The van der Waals surface area contributed by atoms with Crippen molar-refractivity contribution in [3.05, 3.63) is 48.0 Å². The summed E-state index contributed by atoms with van der Waals surface area (Å²) >= 11 is 0. The van der Waals surface area contributed by atoms with Crippen LogP contribution in [0.4, 0.5) is 4.39 Å². The number of ketones is 1. The van der Waals surface area contributed by atoms with E-state index in [2.05, 4.69) is 6.58 Å². The Labute approximate surface area is 86.0 Å². The Morgan fingerprint density at radius 2 is 2.20 bits per heavy atom. The van der Waals surface area contributed by atoms with Crippen molar-refractivity contribution in [2.75, 3.05) is 0 Å². The van der Waals surface area contributed by atoms with Crippen LogP contribution in [0.5, 0.6) is 0 Å². The van der Waals surface area contributed by atoms with Gasteiger partial charge in [0.2, 0.25) is 5.78 Å². The first-order chi connectivity index (χ1) is 7.09. The lowest BCUT2D eigenvalue weighted by Crippen LogP contribution is -1.96. The van der Waals surface area contributed by atoms with E-state index in [0.29, 0.717) is 11.0 Å². The van der Waals surface area contributed by atoms with E-state index in [1.54, 1.807) is 19.1 Å². The molecule has 0 spiro atoms. The van der Waals surface area contributed by atoms with Crippen molar-refractivity contribution in [1.29, 1.82) is 0 Å². The number of halogens is 1. The highest BCUT2D eigenvalue weighted by Crippen LogP contribution is 2.23. The molecule has 0 fully saturated rings. The van der Waals surface area contributed by atoms with Gasteiger partial charge in [-0.1, -0.05) is 18.7 Å². The molecule has 1 aromatic heterocycles. The van der Waals surface area contributed by atoms with Crippen LogP contribution < -0.4 is 0 Å². The molecule has 2 rings (SSSR count). The summed E-state index contributed by atoms with van der Waals surface area (Å²) in [5, 5.41) is 0.583. The summed E-state index contributed by atoms with van der Waals surface area (Å²) in [6, 6.07) is 6.08. The fraction of sp³-hybridized carbons (Fsp3) is 0.0833. The van der Waals surface area contributed by atoms with Crippen molar-refractivity contribution < 1.29 is 13.6 Å². The number of allylic oxidation sites excluding steroid dienone is 1. The Morgan fingerprint density at radius 3 is 2.80 bits per heavy atom. The van der Waals surface area contributed by atoms with Crippen LogP contribution in [0.1, 0.15) is 17.5 Å². The van der Waals surface area contributed by atoms with Gasteiger partial charge in [-0.15, -0.1) is 0 Å². The normalized spacial score (nSPS) is 10.5. The molecular weight excluding hydrogens is 195 g/mol. The molecule has 2 nitrogen and oxygen atoms in total. The van der Waals surface area contributed by atoms with E-state index in [-0.39, 0.29) is 17.1 Å². The highest BCUT2D eigenvalue weighted by Gasteiger charge is 2.14. The Morgan fingerprint density at radius 1 is 1.47 bits per heavy atom. The van der Waals surface area contributed by atoms with Crippen LogP contribution >= 0.6 is 0 Å². The second-order valence-electron chi connectivity index (χ2n) is 3.38. The van der Waals surface area contributed by atoms with Gasteiger partial charge >= 0.3 is 0 Å². The third-order valence-corrected chi connectivity index (χ3v) is 2.11. The molecule has 0 amide bonds. The van der Waals surface area contributed by atoms with Gasteiger partial charge in [0.05, 0.1) is 0 Å². The summed E-state index contributed by atoms with van der Waals surface area (Å²) in [6.07, 6.45) is 0. The lowest BCUT2D eigenvalue weighted by molar-refractivity contribution is 0.101. The van der Waals surface area contributed by atoms with Gasteiger partial charge in [-0.3, -0.25) is 4.79 Å². The minimum Gasteiger partial charge on any atom is -0.449 e. The van der Waals surface area contributed by atoms with Crippen LogP contribution in [0.25, 0.3) is 11.0 Å². The SMILES string of the molecule is C=C(C)C(=O)c1cc2cccc(F)c2o1. The maximum absolute atomic E-state index is 13.2. The molecule has 15 heavy (non-hydrogen) atoms. The van der Waals surface area contributed by atoms with Crippen LogP contribution in [0.3, 0.4) is 0 Å². The van der Waals surface area contributed by atoms with Gasteiger partial charge in [-0.05, 0) is 24.6 Å². The van der Waals surface area contributed by atoms with Crippen molar-refractivity contribution in [2.45, 2.75) is 6.92 Å². The molecule has 3 heteroatoms. The monoisotopic (exact) mass is 204 g/mol. The van der Waals surface area contributed by atoms with Crippen molar-refractivity contribution in [3.8, 4) is 0 Å². The molecule has 0 bridgehead atoms. The molecule has 0 N–H and O–H groups in total. The predicted molar refractivity (Wildman–Crippen MR) is 55.3 cm³/mol. The van der Waals surface area contributed by atoms with E-state index in [4.69, 9.17) is 4.42 Å². The van der Waals surface area contributed by atoms with E-state index >= 15 is 0 Å². The average Bonchev–Trinajstić information content (AvgIpc) is 2.61. The highest BCUT2D eigenvalue weighted by molar-refractivity contribution is 6.07. The Kier molecular flexibility index (Phi) is 2.15. The van der Waals surface area contributed by atoms with Crippen molar-refractivity contribution >= 4 is 16.8 Å². The number of benzene rings is 1. The zero-order valence-electron chi connectivity index (χ0n) is 8.21. The Hall–Kier alpha value is -1.90. The minimum atomic E-state index is -0.465. The van der Waals surface area contributed by atoms with Crippen LogP contribution in [-0.2, 0) is 0 Å². The van der Waals surface area contributed by atoms with Gasteiger partial charge in [0.25, 0.3) is 0 Å². The van der Waals surface area contributed by atoms with Crippen LogP contribution in [0.2, 0.25) is 0 Å². The second-order valence-corrected chi connectivity index (χ2v) is 3.38. The predicted octanol–water partition coefficient (Wildman–Crippen LogP) is 3.33. The fourth-order valence-electron chi connectivity index (χ4n) is 1.35. The van der Waals surface area contributed by atoms with Crippen molar-refractivity contribution in [2.24, 2.45) is 0 Å². The van der Waals surface area contributed by atoms with Crippen molar-refractivity contribution in [3.63, 3.8) is 0 Å². The number of fused-ring (bicyclic) bond motifs is 1. The fourth-order valence-corrected chi connectivity index (χ4v) is 1.35. The second kappa shape index (κ2) is 3.35. The van der Waals surface area contributed by atoms with Gasteiger partial charge in [0, 0.05) is 5.39 Å². The molecule has 0 unspecified atom stereocenters. The number of hydrogen-bond donors (Lipinski definition) is 0. The lowest BCUT2D eigenvalue weighted by atomic mass is 10.1. The number of Topliss-reactive ketones (excluding diaryl/α,β-unsaturated/α-hetero) is 1. The van der Waals surface area contributed by atoms with E-state index in [0.717, 1.165) is 0 Å². The first-order valence-corrected chi connectivity index (χ1v) is 4.48. The largest absolute Gasteiger partial charge is 0.449 e. The zero-order valence-corrected chi connectivity index (χ0v) is 8.21. The number of hydrogen-bond acceptors (Lipinski definition) is 2. The smallest absolute Gasteiger partial charge is 0.223 e. The Balaban J connectivity index is 2.62. The average molecular weight is 204 g/mol. The van der Waals surface area contributed by atoms with E-state index < -0.39 is 5.82 Å². The molecule has 0 radical (unpaired) electrons. The highest BCUT2D eigenvalue weighted by atomic mass is 19.1. The molecule has 0 saturated heterocycles. The standard InChI is InChI=1S/C12H9FO2/c1-7(2)11(14)10-6-8-4-3-5-9(13)12(8)15-10/h3-6H,1H2,2H3. The van der Waals surface area contributed by atoms with E-state index in [1.807, 2.05) is 0 Å². The number of para-hydroxylation sites is 1. The van der Waals surface area contributed by atoms with Gasteiger partial charge < -0.3 is 4.42 Å². The molecule has 1 aromatic carbocycles. The summed E-state index contributed by atoms with van der Waals surface area (Å²) in [5.74, 6) is -0.638. The number of rotatable bonds is 2. The number of carbonyl (C=O) groups is 1. The molecular formula is C12H9FO2. The molecule has 0 aliphatic heterocycles. The van der Waals surface area contributed by atoms with Crippen molar-refractivity contribution in [1.82, 2.24) is 0 Å². The first-order valence-electron chi connectivity index (χ1n) is 4.48. The summed E-state index contributed by atoms with van der Waals surface area (Å²) in [6.45, 7) is 5.11. The Bertz CT molecular complexity index is 552. The van der Waals surface area contributed by atoms with Gasteiger partial charge in [-0.2, -0.15) is 0 Å². The quantitative estimate of drug-likeness (QED) is 0.554. The third kappa shape index (κ3) is 1.56. The van der Waals surface area contributed by atoms with Gasteiger partial charge in [-0.25, -0.2) is 4.39 Å². The molecule has 0 aliphatic carbocycles. The summed E-state index contributed by atoms with van der Waals surface area (Å²) in [7, 11) is 0. The zero-order chi connectivity index (χ0) is 11.0. The van der Waals surface area contributed by atoms with Crippen LogP contribution in [0, 0.1) is 5.82 Å². The molecule has 0 saturated carbocycles. The van der Waals surface area contributed by atoms with E-state index in [9.17, 15) is 9.18 Å². The maximum Gasteiger partial charge on any atom is 0.223 e. The molecule has 0 atom stereocenters. The third-order valence-electron chi connectivity index (χ3n) is 2.11. The van der Waals surface area contributed by atoms with Gasteiger partial charge in [0.15, 0.2) is 17.2 Å². The summed E-state index contributed by atoms with van der Waals surface area (Å²) < 4.78 is 18.4. The van der Waals surface area contributed by atoms with E-state index in [1.165, 1.54) is 12.1 Å². The molecule has 0 aliphatic rings. The molecule has 76 valence electrons. The number of furan rings is 1. The van der Waals surface area contributed by atoms with Crippen LogP contribution in [-0.4, -0.2) is 5.78 Å². The molecule has 2 aromatic rings. The summed E-state index contributed by atoms with van der Waals surface area (Å²) in [4.78, 5) is 11.5. The maximum atomic E-state index is 13.2.